The zero-order valence-corrected chi connectivity index (χ0v) is 12.5. The predicted octanol–water partition coefficient (Wildman–Crippen LogP) is -0.0198. The Balaban J connectivity index is 1.62. The van der Waals surface area contributed by atoms with E-state index in [4.69, 9.17) is 0 Å². The number of aromatic nitrogens is 2. The van der Waals surface area contributed by atoms with Crippen molar-refractivity contribution < 1.29 is 0 Å². The van der Waals surface area contributed by atoms with Gasteiger partial charge in [-0.05, 0) is 14.1 Å². The fraction of sp³-hybridized carbons (Fsp3) is 0.714. The van der Waals surface area contributed by atoms with Crippen molar-refractivity contribution in [1.29, 1.82) is 0 Å². The largest absolute Gasteiger partial charge is 0.353 e. The Labute approximate surface area is 121 Å². The van der Waals surface area contributed by atoms with Crippen LogP contribution in [0.3, 0.4) is 0 Å². The van der Waals surface area contributed by atoms with Crippen LogP contribution in [0.15, 0.2) is 12.4 Å². The van der Waals surface area contributed by atoms with Gasteiger partial charge in [0.1, 0.15) is 11.6 Å². The second-order valence-corrected chi connectivity index (χ2v) is 5.81. The number of hydrogen-bond donors (Lipinski definition) is 0. The summed E-state index contributed by atoms with van der Waals surface area (Å²) in [5, 5.41) is 0. The van der Waals surface area contributed by atoms with E-state index in [9.17, 15) is 0 Å². The van der Waals surface area contributed by atoms with Crippen LogP contribution in [0.4, 0.5) is 11.6 Å². The van der Waals surface area contributed by atoms with E-state index < -0.39 is 0 Å². The van der Waals surface area contributed by atoms with Crippen LogP contribution in [-0.4, -0.2) is 86.2 Å². The molecule has 6 heteroatoms. The highest BCUT2D eigenvalue weighted by Crippen LogP contribution is 2.16. The van der Waals surface area contributed by atoms with Gasteiger partial charge in [0, 0.05) is 52.4 Å². The molecule has 3 rings (SSSR count). The molecule has 20 heavy (non-hydrogen) atoms. The van der Waals surface area contributed by atoms with E-state index in [0.717, 1.165) is 64.0 Å². The molecule has 2 fully saturated rings. The molecule has 110 valence electrons. The second kappa shape index (κ2) is 5.93. The first kappa shape index (κ1) is 13.6. The Kier molecular flexibility index (Phi) is 4.03. The van der Waals surface area contributed by atoms with Crippen LogP contribution in [0.2, 0.25) is 0 Å². The molecule has 0 atom stereocenters. The molecule has 0 spiro atoms. The Morgan fingerprint density at radius 3 is 1.30 bits per heavy atom. The van der Waals surface area contributed by atoms with Gasteiger partial charge in [0.15, 0.2) is 0 Å². The average Bonchev–Trinajstić information content (AvgIpc) is 2.49. The number of rotatable bonds is 2. The van der Waals surface area contributed by atoms with Gasteiger partial charge in [-0.1, -0.05) is 0 Å². The minimum absolute atomic E-state index is 1.01. The lowest BCUT2D eigenvalue weighted by molar-refractivity contribution is 0.311. The molecule has 2 aliphatic heterocycles. The number of likely N-dealkylation sites (N-methyl/N-ethyl adjacent to an activating group) is 2. The molecule has 1 aromatic heterocycles. The van der Waals surface area contributed by atoms with Crippen LogP contribution >= 0.6 is 0 Å². The van der Waals surface area contributed by atoms with E-state index in [2.05, 4.69) is 43.7 Å². The third kappa shape index (κ3) is 3.02. The number of nitrogens with zero attached hydrogens (tertiary/aromatic N) is 6. The van der Waals surface area contributed by atoms with Gasteiger partial charge < -0.3 is 19.6 Å². The lowest BCUT2D eigenvalue weighted by atomic mass is 10.3. The van der Waals surface area contributed by atoms with Crippen molar-refractivity contribution in [1.82, 2.24) is 19.8 Å². The van der Waals surface area contributed by atoms with Gasteiger partial charge in [0.05, 0.1) is 12.4 Å². The van der Waals surface area contributed by atoms with Crippen LogP contribution in [0, 0.1) is 0 Å². The lowest BCUT2D eigenvalue weighted by Gasteiger charge is -2.34. The van der Waals surface area contributed by atoms with Crippen molar-refractivity contribution in [2.45, 2.75) is 0 Å². The fourth-order valence-electron chi connectivity index (χ4n) is 2.71. The minimum atomic E-state index is 1.01. The van der Waals surface area contributed by atoms with Crippen molar-refractivity contribution in [3.8, 4) is 0 Å². The summed E-state index contributed by atoms with van der Waals surface area (Å²) in [5.74, 6) is 2.02. The van der Waals surface area contributed by atoms with Crippen LogP contribution < -0.4 is 9.80 Å². The Bertz CT molecular complexity index is 377. The zero-order chi connectivity index (χ0) is 13.9. The maximum atomic E-state index is 4.61. The third-order valence-corrected chi connectivity index (χ3v) is 4.28. The molecule has 0 bridgehead atoms. The maximum Gasteiger partial charge on any atom is 0.147 e. The van der Waals surface area contributed by atoms with Gasteiger partial charge in [0.25, 0.3) is 0 Å². The van der Waals surface area contributed by atoms with E-state index in [1.54, 1.807) is 0 Å². The summed E-state index contributed by atoms with van der Waals surface area (Å²) >= 11 is 0. The summed E-state index contributed by atoms with van der Waals surface area (Å²) in [7, 11) is 4.33. The Morgan fingerprint density at radius 1 is 0.650 bits per heavy atom. The molecule has 0 N–H and O–H groups in total. The molecule has 3 heterocycles. The molecule has 1 aromatic rings. The molecule has 0 aromatic carbocycles. The Morgan fingerprint density at radius 2 is 1.00 bits per heavy atom. The normalized spacial score (nSPS) is 22.3. The van der Waals surface area contributed by atoms with Crippen molar-refractivity contribution in [3.63, 3.8) is 0 Å². The van der Waals surface area contributed by atoms with Crippen LogP contribution in [0.5, 0.6) is 0 Å². The summed E-state index contributed by atoms with van der Waals surface area (Å²) in [4.78, 5) is 18.6. The monoisotopic (exact) mass is 276 g/mol. The molecule has 0 amide bonds. The average molecular weight is 276 g/mol. The molecule has 0 radical (unpaired) electrons. The molecule has 0 unspecified atom stereocenters. The lowest BCUT2D eigenvalue weighted by Crippen LogP contribution is -2.45. The van der Waals surface area contributed by atoms with E-state index in [1.165, 1.54) is 0 Å². The zero-order valence-electron chi connectivity index (χ0n) is 12.5. The summed E-state index contributed by atoms with van der Waals surface area (Å²) < 4.78 is 0. The van der Waals surface area contributed by atoms with Gasteiger partial charge in [-0.3, -0.25) is 0 Å². The van der Waals surface area contributed by atoms with Crippen LogP contribution in [0.25, 0.3) is 0 Å². The van der Waals surface area contributed by atoms with Crippen molar-refractivity contribution >= 4 is 11.6 Å². The Hall–Kier alpha value is -1.40. The number of piperazine rings is 2. The topological polar surface area (TPSA) is 38.7 Å². The van der Waals surface area contributed by atoms with Crippen molar-refractivity contribution in [2.75, 3.05) is 76.3 Å². The fourth-order valence-corrected chi connectivity index (χ4v) is 2.71. The predicted molar refractivity (Wildman–Crippen MR) is 81.5 cm³/mol. The van der Waals surface area contributed by atoms with Gasteiger partial charge >= 0.3 is 0 Å². The molecule has 0 saturated carbocycles. The standard InChI is InChI=1S/C14H24N6/c1-17-3-7-19(8-4-17)13-11-16-14(12-15-13)20-9-5-18(2)6-10-20/h11-12H,3-10H2,1-2H3. The van der Waals surface area contributed by atoms with E-state index in [1.807, 2.05) is 12.4 Å². The summed E-state index contributed by atoms with van der Waals surface area (Å²) in [5.41, 5.74) is 0. The first-order chi connectivity index (χ1) is 9.72. The SMILES string of the molecule is CN1CCN(c2cnc(N3CCN(C)CC3)cn2)CC1. The quantitative estimate of drug-likeness (QED) is 0.756. The number of anilines is 2. The van der Waals surface area contributed by atoms with Gasteiger partial charge in [-0.2, -0.15) is 0 Å². The van der Waals surface area contributed by atoms with Gasteiger partial charge in [0.2, 0.25) is 0 Å². The van der Waals surface area contributed by atoms with E-state index >= 15 is 0 Å². The molecule has 0 aliphatic carbocycles. The molecule has 6 nitrogen and oxygen atoms in total. The maximum absolute atomic E-state index is 4.61. The summed E-state index contributed by atoms with van der Waals surface area (Å²) in [6.45, 7) is 8.56. The first-order valence-electron chi connectivity index (χ1n) is 7.41. The number of hydrogen-bond acceptors (Lipinski definition) is 6. The van der Waals surface area contributed by atoms with Gasteiger partial charge in [-0.15, -0.1) is 0 Å². The highest BCUT2D eigenvalue weighted by molar-refractivity contribution is 5.43. The van der Waals surface area contributed by atoms with Gasteiger partial charge in [-0.25, -0.2) is 9.97 Å². The molecular weight excluding hydrogens is 252 g/mol. The van der Waals surface area contributed by atoms with Crippen LogP contribution in [0.1, 0.15) is 0 Å². The highest BCUT2D eigenvalue weighted by atomic mass is 15.3. The molecular formula is C14H24N6. The molecule has 2 saturated heterocycles. The van der Waals surface area contributed by atoms with Crippen molar-refractivity contribution in [2.24, 2.45) is 0 Å². The van der Waals surface area contributed by atoms with Crippen molar-refractivity contribution in [3.05, 3.63) is 12.4 Å². The van der Waals surface area contributed by atoms with Crippen LogP contribution in [-0.2, 0) is 0 Å². The highest BCUT2D eigenvalue weighted by Gasteiger charge is 2.18. The minimum Gasteiger partial charge on any atom is -0.353 e. The third-order valence-electron chi connectivity index (χ3n) is 4.28. The molecule has 2 aliphatic rings. The second-order valence-electron chi connectivity index (χ2n) is 5.81. The summed E-state index contributed by atoms with van der Waals surface area (Å²) in [6, 6.07) is 0. The van der Waals surface area contributed by atoms with E-state index in [0.29, 0.717) is 0 Å². The summed E-state index contributed by atoms with van der Waals surface area (Å²) in [6.07, 6.45) is 3.86. The van der Waals surface area contributed by atoms with E-state index in [-0.39, 0.29) is 0 Å². The first-order valence-corrected chi connectivity index (χ1v) is 7.41. The smallest absolute Gasteiger partial charge is 0.147 e.